The lowest BCUT2D eigenvalue weighted by atomic mass is 10.2. The van der Waals surface area contributed by atoms with E-state index in [4.69, 9.17) is 23.2 Å². The van der Waals surface area contributed by atoms with Crippen LogP contribution in [0.5, 0.6) is 0 Å². The molecule has 0 spiro atoms. The number of rotatable bonds is 6. The van der Waals surface area contributed by atoms with E-state index in [1.165, 1.54) is 6.07 Å². The number of piperazine rings is 1. The van der Waals surface area contributed by atoms with Gasteiger partial charge in [0.1, 0.15) is 5.82 Å². The number of nitrogens with one attached hydrogen (secondary N) is 1. The van der Waals surface area contributed by atoms with Gasteiger partial charge in [0, 0.05) is 50.0 Å². The number of halogens is 3. The van der Waals surface area contributed by atoms with Crippen molar-refractivity contribution in [2.75, 3.05) is 44.2 Å². The number of nitrogens with zero attached hydrogens (tertiary/aromatic N) is 2. The van der Waals surface area contributed by atoms with Gasteiger partial charge in [-0.1, -0.05) is 23.2 Å². The lowest BCUT2D eigenvalue weighted by Gasteiger charge is -2.36. The summed E-state index contributed by atoms with van der Waals surface area (Å²) < 4.78 is 40.3. The second-order valence-corrected chi connectivity index (χ2v) is 8.89. The second kappa shape index (κ2) is 8.75. The molecule has 0 radical (unpaired) electrons. The summed E-state index contributed by atoms with van der Waals surface area (Å²) in [5.41, 5.74) is 1.13. The molecule has 1 aliphatic rings. The molecule has 0 bridgehead atoms. The van der Waals surface area contributed by atoms with Gasteiger partial charge < -0.3 is 4.90 Å². The van der Waals surface area contributed by atoms with Crippen molar-refractivity contribution in [1.82, 2.24) is 9.62 Å². The Bertz CT molecular complexity index is 886. The van der Waals surface area contributed by atoms with Crippen molar-refractivity contribution in [3.8, 4) is 0 Å². The van der Waals surface area contributed by atoms with E-state index in [2.05, 4.69) is 14.5 Å². The Hall–Kier alpha value is -1.38. The van der Waals surface area contributed by atoms with Crippen LogP contribution in [-0.4, -0.2) is 52.6 Å². The zero-order valence-corrected chi connectivity index (χ0v) is 16.9. The first-order valence-corrected chi connectivity index (χ1v) is 10.8. The van der Waals surface area contributed by atoms with E-state index in [9.17, 15) is 12.8 Å². The molecule has 146 valence electrons. The summed E-state index contributed by atoms with van der Waals surface area (Å²) in [5, 5.41) is 0.503. The maximum atomic E-state index is 13.2. The van der Waals surface area contributed by atoms with Crippen molar-refractivity contribution in [2.45, 2.75) is 4.90 Å². The van der Waals surface area contributed by atoms with Crippen molar-refractivity contribution in [2.24, 2.45) is 0 Å². The van der Waals surface area contributed by atoms with Crippen LogP contribution < -0.4 is 9.62 Å². The van der Waals surface area contributed by atoms with E-state index < -0.39 is 15.8 Å². The quantitative estimate of drug-likeness (QED) is 0.762. The Morgan fingerprint density at radius 3 is 2.30 bits per heavy atom. The number of anilines is 1. The van der Waals surface area contributed by atoms with Crippen LogP contribution in [0.1, 0.15) is 0 Å². The molecule has 0 unspecified atom stereocenters. The summed E-state index contributed by atoms with van der Waals surface area (Å²) in [6.45, 7) is 4.28. The van der Waals surface area contributed by atoms with E-state index in [0.717, 1.165) is 44.0 Å². The Labute approximate surface area is 168 Å². The molecule has 5 nitrogen and oxygen atoms in total. The minimum Gasteiger partial charge on any atom is -0.369 e. The summed E-state index contributed by atoms with van der Waals surface area (Å²) in [6, 6.07) is 11.1. The molecule has 2 aromatic carbocycles. The monoisotopic (exact) mass is 431 g/mol. The van der Waals surface area contributed by atoms with E-state index in [0.29, 0.717) is 11.6 Å². The zero-order valence-electron chi connectivity index (χ0n) is 14.5. The van der Waals surface area contributed by atoms with Crippen LogP contribution in [0, 0.1) is 5.82 Å². The molecule has 9 heteroatoms. The number of sulfonamides is 1. The van der Waals surface area contributed by atoms with Gasteiger partial charge >= 0.3 is 0 Å². The van der Waals surface area contributed by atoms with Gasteiger partial charge in [-0.25, -0.2) is 17.5 Å². The van der Waals surface area contributed by atoms with Crippen molar-refractivity contribution in [3.05, 3.63) is 58.3 Å². The summed E-state index contributed by atoms with van der Waals surface area (Å²) in [6.07, 6.45) is 0. The third-order valence-electron chi connectivity index (χ3n) is 4.49. The average Bonchev–Trinajstić information content (AvgIpc) is 2.65. The molecule has 0 saturated carbocycles. The lowest BCUT2D eigenvalue weighted by molar-refractivity contribution is 0.262. The maximum absolute atomic E-state index is 13.2. The summed E-state index contributed by atoms with van der Waals surface area (Å²) in [4.78, 5) is 4.44. The largest absolute Gasteiger partial charge is 0.369 e. The van der Waals surface area contributed by atoms with Gasteiger partial charge in [-0.15, -0.1) is 0 Å². The summed E-state index contributed by atoms with van der Waals surface area (Å²) >= 11 is 11.6. The van der Waals surface area contributed by atoms with Gasteiger partial charge in [0.25, 0.3) is 0 Å². The van der Waals surface area contributed by atoms with Crippen molar-refractivity contribution in [3.63, 3.8) is 0 Å². The molecule has 1 saturated heterocycles. The topological polar surface area (TPSA) is 52.7 Å². The normalized spacial score (nSPS) is 15.9. The summed E-state index contributed by atoms with van der Waals surface area (Å²) in [7, 11) is -3.71. The van der Waals surface area contributed by atoms with Gasteiger partial charge in [0.15, 0.2) is 0 Å². The predicted octanol–water partition coefficient (Wildman–Crippen LogP) is 3.23. The van der Waals surface area contributed by atoms with E-state index >= 15 is 0 Å². The Morgan fingerprint density at radius 2 is 1.67 bits per heavy atom. The second-order valence-electron chi connectivity index (χ2n) is 6.28. The number of hydrogen-bond acceptors (Lipinski definition) is 4. The third-order valence-corrected chi connectivity index (χ3v) is 6.49. The molecule has 0 atom stereocenters. The molecular formula is C18H20Cl2FN3O2S. The van der Waals surface area contributed by atoms with Crippen LogP contribution in [0.2, 0.25) is 10.0 Å². The van der Waals surface area contributed by atoms with Gasteiger partial charge in [-0.3, -0.25) is 4.90 Å². The molecular weight excluding hydrogens is 412 g/mol. The first-order chi connectivity index (χ1) is 12.8. The van der Waals surface area contributed by atoms with Crippen LogP contribution in [-0.2, 0) is 10.0 Å². The zero-order chi connectivity index (χ0) is 19.4. The highest BCUT2D eigenvalue weighted by atomic mass is 35.5. The van der Waals surface area contributed by atoms with Gasteiger partial charge in [0.05, 0.1) is 9.92 Å². The molecule has 0 aromatic heterocycles. The van der Waals surface area contributed by atoms with E-state index in [1.54, 1.807) is 0 Å². The number of benzene rings is 2. The highest BCUT2D eigenvalue weighted by Crippen LogP contribution is 2.20. The predicted molar refractivity (Wildman–Crippen MR) is 107 cm³/mol. The van der Waals surface area contributed by atoms with E-state index in [1.807, 2.05) is 24.3 Å². The molecule has 1 N–H and O–H groups in total. The fourth-order valence-corrected chi connectivity index (χ4v) is 4.37. The Balaban J connectivity index is 1.47. The van der Waals surface area contributed by atoms with Crippen LogP contribution in [0.3, 0.4) is 0 Å². The third kappa shape index (κ3) is 5.33. The first kappa shape index (κ1) is 20.4. The fourth-order valence-electron chi connectivity index (χ4n) is 2.95. The molecule has 0 aliphatic carbocycles. The van der Waals surface area contributed by atoms with Crippen LogP contribution >= 0.6 is 23.2 Å². The van der Waals surface area contributed by atoms with Crippen LogP contribution in [0.25, 0.3) is 0 Å². The molecule has 27 heavy (non-hydrogen) atoms. The Morgan fingerprint density at radius 1 is 1.00 bits per heavy atom. The summed E-state index contributed by atoms with van der Waals surface area (Å²) in [5.74, 6) is -0.644. The van der Waals surface area contributed by atoms with Gasteiger partial charge in [-0.05, 0) is 42.5 Å². The first-order valence-electron chi connectivity index (χ1n) is 8.53. The molecule has 1 heterocycles. The van der Waals surface area contributed by atoms with Crippen LogP contribution in [0.4, 0.5) is 10.1 Å². The SMILES string of the molecule is O=S(=O)(NCCN1CCN(c2ccc(Cl)cc2)CC1)c1ccc(F)c(Cl)c1. The minimum atomic E-state index is -3.71. The standard InChI is InChI=1S/C18H20Cl2FN3O2S/c19-14-1-3-15(4-2-14)24-11-9-23(10-12-24)8-7-22-27(25,26)16-5-6-18(21)17(20)13-16/h1-6,13,22H,7-12H2. The highest BCUT2D eigenvalue weighted by molar-refractivity contribution is 7.89. The van der Waals surface area contributed by atoms with Crippen molar-refractivity contribution < 1.29 is 12.8 Å². The Kier molecular flexibility index (Phi) is 6.60. The smallest absolute Gasteiger partial charge is 0.240 e. The van der Waals surface area contributed by atoms with Gasteiger partial charge in [-0.2, -0.15) is 0 Å². The highest BCUT2D eigenvalue weighted by Gasteiger charge is 2.19. The molecule has 2 aromatic rings. The minimum absolute atomic E-state index is 0.0403. The number of hydrogen-bond donors (Lipinski definition) is 1. The lowest BCUT2D eigenvalue weighted by Crippen LogP contribution is -2.48. The van der Waals surface area contributed by atoms with Gasteiger partial charge in [0.2, 0.25) is 10.0 Å². The molecule has 1 fully saturated rings. The molecule has 0 amide bonds. The maximum Gasteiger partial charge on any atom is 0.240 e. The molecule has 3 rings (SSSR count). The fraction of sp³-hybridized carbons (Fsp3) is 0.333. The average molecular weight is 432 g/mol. The van der Waals surface area contributed by atoms with E-state index in [-0.39, 0.29) is 16.5 Å². The van der Waals surface area contributed by atoms with Crippen molar-refractivity contribution >= 4 is 38.9 Å². The van der Waals surface area contributed by atoms with Crippen molar-refractivity contribution in [1.29, 1.82) is 0 Å². The van der Waals surface area contributed by atoms with Crippen LogP contribution in [0.15, 0.2) is 47.4 Å². The molecule has 1 aliphatic heterocycles.